The first kappa shape index (κ1) is 19.8. The Balaban J connectivity index is 2.23. The highest BCUT2D eigenvalue weighted by molar-refractivity contribution is 5.98. The van der Waals surface area contributed by atoms with Gasteiger partial charge in [-0.05, 0) is 58.9 Å². The topological polar surface area (TPSA) is 66.4 Å². The van der Waals surface area contributed by atoms with Gasteiger partial charge in [-0.1, -0.05) is 18.6 Å². The Labute approximate surface area is 154 Å². The Kier molecular flexibility index (Phi) is 6.29. The van der Waals surface area contributed by atoms with Crippen molar-refractivity contribution in [3.05, 3.63) is 52.4 Å². The van der Waals surface area contributed by atoms with E-state index in [1.165, 1.54) is 6.07 Å². The zero-order valence-corrected chi connectivity index (χ0v) is 15.9. The van der Waals surface area contributed by atoms with Gasteiger partial charge in [0, 0.05) is 16.7 Å². The number of aromatic nitrogens is 1. The number of nitrogens with zero attached hydrogens (tertiary/aromatic N) is 2. The van der Waals surface area contributed by atoms with E-state index in [1.807, 2.05) is 20.8 Å². The fraction of sp³-hybridized carbons (Fsp3) is 0.450. The van der Waals surface area contributed by atoms with E-state index < -0.39 is 5.95 Å². The van der Waals surface area contributed by atoms with Crippen LogP contribution in [0.25, 0.3) is 0 Å². The molecule has 1 amide bonds. The fourth-order valence-electron chi connectivity index (χ4n) is 2.75. The number of allylic oxidation sites excluding steroid dienone is 1. The molecule has 0 aromatic carbocycles. The van der Waals surface area contributed by atoms with Crippen LogP contribution in [0, 0.1) is 5.95 Å². The summed E-state index contributed by atoms with van der Waals surface area (Å²) in [4.78, 5) is 20.7. The zero-order valence-electron chi connectivity index (χ0n) is 15.9. The van der Waals surface area contributed by atoms with Crippen LogP contribution in [0.1, 0.15) is 52.7 Å². The van der Waals surface area contributed by atoms with Crippen molar-refractivity contribution >= 4 is 12.6 Å². The maximum absolute atomic E-state index is 13.2. The van der Waals surface area contributed by atoms with E-state index in [0.29, 0.717) is 23.5 Å². The molecule has 2 rings (SSSR count). The molecule has 0 unspecified atom stereocenters. The van der Waals surface area contributed by atoms with Crippen molar-refractivity contribution in [3.63, 3.8) is 0 Å². The molecule has 0 radical (unpaired) electrons. The van der Waals surface area contributed by atoms with Crippen molar-refractivity contribution < 1.29 is 9.18 Å². The minimum Gasteiger partial charge on any atom is -0.365 e. The van der Waals surface area contributed by atoms with Gasteiger partial charge in [-0.2, -0.15) is 4.39 Å². The predicted molar refractivity (Wildman–Crippen MR) is 102 cm³/mol. The second-order valence-corrected chi connectivity index (χ2v) is 7.03. The third-order valence-electron chi connectivity index (χ3n) is 4.45. The van der Waals surface area contributed by atoms with Gasteiger partial charge in [0.1, 0.15) is 5.82 Å². The number of rotatable bonds is 8. The molecular formula is C20H27FN4O. The number of nitrogens with one attached hydrogen (secondary N) is 2. The summed E-state index contributed by atoms with van der Waals surface area (Å²) in [7, 11) is 0. The van der Waals surface area contributed by atoms with Gasteiger partial charge >= 0.3 is 0 Å². The van der Waals surface area contributed by atoms with E-state index in [4.69, 9.17) is 0 Å². The summed E-state index contributed by atoms with van der Waals surface area (Å²) >= 11 is 0. The third kappa shape index (κ3) is 5.00. The molecule has 1 saturated carbocycles. The molecule has 1 aromatic heterocycles. The monoisotopic (exact) mass is 358 g/mol. The summed E-state index contributed by atoms with van der Waals surface area (Å²) in [6.07, 6.45) is 2.79. The summed E-state index contributed by atoms with van der Waals surface area (Å²) in [5.74, 6) is -0.132. The van der Waals surface area contributed by atoms with E-state index in [-0.39, 0.29) is 18.0 Å². The molecular weight excluding hydrogens is 331 g/mol. The van der Waals surface area contributed by atoms with Gasteiger partial charge in [-0.3, -0.25) is 4.79 Å². The summed E-state index contributed by atoms with van der Waals surface area (Å²) in [5, 5.41) is 6.24. The van der Waals surface area contributed by atoms with Crippen LogP contribution in [0.4, 0.5) is 4.39 Å². The Morgan fingerprint density at radius 3 is 2.58 bits per heavy atom. The first-order valence-corrected chi connectivity index (χ1v) is 8.85. The zero-order chi connectivity index (χ0) is 19.3. The number of carbonyl (C=O) groups is 1. The molecule has 1 aliphatic carbocycles. The van der Waals surface area contributed by atoms with Gasteiger partial charge in [-0.25, -0.2) is 9.98 Å². The SMILES string of the molecule is C=N/C(NC1(C)CC1)=C(\CC)C(C(=O)NCc1cccc(F)n1)=C(C)C. The average Bonchev–Trinajstić information content (AvgIpc) is 3.32. The molecule has 5 nitrogen and oxygen atoms in total. The number of aliphatic imine (C=N–C) groups is 1. The van der Waals surface area contributed by atoms with Crippen molar-refractivity contribution in [1.29, 1.82) is 0 Å². The lowest BCUT2D eigenvalue weighted by molar-refractivity contribution is -0.117. The standard InChI is InChI=1S/C20H27FN4O/c1-6-15(18(22-5)25-20(4)10-11-20)17(13(2)3)19(26)23-12-14-8-7-9-16(21)24-14/h7-9,25H,5-6,10-12H2,1-4H3,(H,23,26)/b18-15-. The molecule has 0 bridgehead atoms. The summed E-state index contributed by atoms with van der Waals surface area (Å²) in [6, 6.07) is 4.52. The maximum Gasteiger partial charge on any atom is 0.251 e. The maximum atomic E-state index is 13.2. The van der Waals surface area contributed by atoms with E-state index in [2.05, 4.69) is 34.3 Å². The molecule has 0 aliphatic heterocycles. The van der Waals surface area contributed by atoms with E-state index in [1.54, 1.807) is 12.1 Å². The van der Waals surface area contributed by atoms with Crippen LogP contribution < -0.4 is 10.6 Å². The Bertz CT molecular complexity index is 759. The number of hydrogen-bond donors (Lipinski definition) is 2. The van der Waals surface area contributed by atoms with Crippen molar-refractivity contribution in [2.45, 2.75) is 59.0 Å². The molecule has 0 saturated heterocycles. The van der Waals surface area contributed by atoms with Crippen LogP contribution in [-0.2, 0) is 11.3 Å². The lowest BCUT2D eigenvalue weighted by Crippen LogP contribution is -2.31. The Morgan fingerprint density at radius 1 is 1.38 bits per heavy atom. The van der Waals surface area contributed by atoms with E-state index >= 15 is 0 Å². The summed E-state index contributed by atoms with van der Waals surface area (Å²) in [5.41, 5.74) is 2.81. The van der Waals surface area contributed by atoms with Gasteiger partial charge in [0.15, 0.2) is 0 Å². The molecule has 1 fully saturated rings. The lowest BCUT2D eigenvalue weighted by Gasteiger charge is -2.20. The molecule has 6 heteroatoms. The van der Waals surface area contributed by atoms with Crippen LogP contribution in [0.15, 0.2) is 45.7 Å². The fourth-order valence-corrected chi connectivity index (χ4v) is 2.75. The third-order valence-corrected chi connectivity index (χ3v) is 4.45. The van der Waals surface area contributed by atoms with Crippen molar-refractivity contribution in [2.75, 3.05) is 0 Å². The molecule has 140 valence electrons. The average molecular weight is 358 g/mol. The van der Waals surface area contributed by atoms with Crippen LogP contribution >= 0.6 is 0 Å². The van der Waals surface area contributed by atoms with Gasteiger partial charge < -0.3 is 10.6 Å². The minimum absolute atomic E-state index is 0.0334. The second kappa shape index (κ2) is 8.25. The first-order chi connectivity index (χ1) is 12.3. The van der Waals surface area contributed by atoms with Gasteiger partial charge in [0.25, 0.3) is 5.91 Å². The molecule has 0 atom stereocenters. The summed E-state index contributed by atoms with van der Waals surface area (Å²) in [6.45, 7) is 11.7. The van der Waals surface area contributed by atoms with Crippen LogP contribution in [0.2, 0.25) is 0 Å². The number of hydrogen-bond acceptors (Lipinski definition) is 4. The molecule has 26 heavy (non-hydrogen) atoms. The van der Waals surface area contributed by atoms with Crippen LogP contribution in [0.3, 0.4) is 0 Å². The molecule has 2 N–H and O–H groups in total. The molecule has 1 heterocycles. The van der Waals surface area contributed by atoms with Crippen LogP contribution in [0.5, 0.6) is 0 Å². The second-order valence-electron chi connectivity index (χ2n) is 7.03. The lowest BCUT2D eigenvalue weighted by atomic mass is 9.97. The van der Waals surface area contributed by atoms with E-state index in [0.717, 1.165) is 24.0 Å². The number of pyridine rings is 1. The number of carbonyl (C=O) groups excluding carboxylic acids is 1. The Hall–Kier alpha value is -2.50. The van der Waals surface area contributed by atoms with Crippen LogP contribution in [-0.4, -0.2) is 23.1 Å². The predicted octanol–water partition coefficient (Wildman–Crippen LogP) is 3.64. The quantitative estimate of drug-likeness (QED) is 0.323. The first-order valence-electron chi connectivity index (χ1n) is 8.85. The highest BCUT2D eigenvalue weighted by Crippen LogP contribution is 2.36. The van der Waals surface area contributed by atoms with Gasteiger partial charge in [0.2, 0.25) is 5.95 Å². The largest absolute Gasteiger partial charge is 0.365 e. The molecule has 0 spiro atoms. The number of amides is 1. The normalized spacial score (nSPS) is 15.6. The minimum atomic E-state index is -0.562. The Morgan fingerprint density at radius 2 is 2.08 bits per heavy atom. The molecule has 1 aromatic rings. The van der Waals surface area contributed by atoms with Gasteiger partial charge in [0.05, 0.1) is 12.2 Å². The van der Waals surface area contributed by atoms with Crippen molar-refractivity contribution in [1.82, 2.24) is 15.6 Å². The van der Waals surface area contributed by atoms with E-state index in [9.17, 15) is 9.18 Å². The highest BCUT2D eigenvalue weighted by Gasteiger charge is 2.38. The highest BCUT2D eigenvalue weighted by atomic mass is 19.1. The number of halogens is 1. The smallest absolute Gasteiger partial charge is 0.251 e. The molecule has 1 aliphatic rings. The summed E-state index contributed by atoms with van der Waals surface area (Å²) < 4.78 is 13.2. The van der Waals surface area contributed by atoms with Gasteiger partial charge in [-0.15, -0.1) is 0 Å². The van der Waals surface area contributed by atoms with Crippen molar-refractivity contribution in [3.8, 4) is 0 Å². The van der Waals surface area contributed by atoms with Crippen molar-refractivity contribution in [2.24, 2.45) is 4.99 Å².